The molecule has 1 amide bonds. The van der Waals surface area contributed by atoms with E-state index in [0.717, 1.165) is 26.5 Å². The number of nitrogens with one attached hydrogen (secondary N) is 2. The molecule has 0 radical (unpaired) electrons. The summed E-state index contributed by atoms with van der Waals surface area (Å²) in [6.07, 6.45) is 0. The van der Waals surface area contributed by atoms with E-state index < -0.39 is 6.04 Å². The Morgan fingerprint density at radius 3 is 2.67 bits per heavy atom. The standard InChI is InChI=1S/C20H18N4O2S/c1-12-10-18(24-26-12)23-20(25)19(14-6-4-3-5-7-14)22-15-8-9-16-17(11-15)27-13(2)21-16/h3-11,19,22H,1-2H3,(H,23,24,25)/t19-/m0/s1. The van der Waals surface area contributed by atoms with Crippen molar-refractivity contribution < 1.29 is 9.32 Å². The molecule has 0 fully saturated rings. The van der Waals surface area contributed by atoms with E-state index in [0.29, 0.717) is 11.6 Å². The van der Waals surface area contributed by atoms with Crippen LogP contribution in [0.4, 0.5) is 11.5 Å². The molecule has 0 aliphatic carbocycles. The molecule has 27 heavy (non-hydrogen) atoms. The molecule has 0 saturated carbocycles. The van der Waals surface area contributed by atoms with Crippen LogP contribution in [0.2, 0.25) is 0 Å². The van der Waals surface area contributed by atoms with Gasteiger partial charge < -0.3 is 15.2 Å². The second-order valence-electron chi connectivity index (χ2n) is 6.22. The van der Waals surface area contributed by atoms with Crippen LogP contribution in [-0.2, 0) is 4.79 Å². The van der Waals surface area contributed by atoms with E-state index in [1.165, 1.54) is 0 Å². The first-order chi connectivity index (χ1) is 13.1. The molecule has 0 bridgehead atoms. The Morgan fingerprint density at radius 1 is 1.11 bits per heavy atom. The first-order valence-corrected chi connectivity index (χ1v) is 9.33. The minimum absolute atomic E-state index is 0.213. The zero-order valence-electron chi connectivity index (χ0n) is 14.9. The maximum Gasteiger partial charge on any atom is 0.252 e. The van der Waals surface area contributed by atoms with E-state index in [4.69, 9.17) is 4.52 Å². The van der Waals surface area contributed by atoms with Crippen molar-refractivity contribution in [2.45, 2.75) is 19.9 Å². The number of hydrogen-bond donors (Lipinski definition) is 2. The van der Waals surface area contributed by atoms with Crippen LogP contribution in [0.1, 0.15) is 22.4 Å². The number of rotatable bonds is 5. The Balaban J connectivity index is 1.63. The van der Waals surface area contributed by atoms with Crippen LogP contribution in [0.15, 0.2) is 59.1 Å². The number of nitrogens with zero attached hydrogens (tertiary/aromatic N) is 2. The van der Waals surface area contributed by atoms with Gasteiger partial charge in [-0.2, -0.15) is 0 Å². The van der Waals surface area contributed by atoms with E-state index in [1.807, 2.05) is 55.5 Å². The lowest BCUT2D eigenvalue weighted by Crippen LogP contribution is -2.27. The van der Waals surface area contributed by atoms with Crippen LogP contribution in [0.25, 0.3) is 10.2 Å². The van der Waals surface area contributed by atoms with Gasteiger partial charge in [0.2, 0.25) is 0 Å². The van der Waals surface area contributed by atoms with Gasteiger partial charge in [-0.15, -0.1) is 11.3 Å². The molecule has 4 rings (SSSR count). The molecular weight excluding hydrogens is 360 g/mol. The Morgan fingerprint density at radius 2 is 1.93 bits per heavy atom. The van der Waals surface area contributed by atoms with Gasteiger partial charge in [0, 0.05) is 11.8 Å². The van der Waals surface area contributed by atoms with Crippen molar-refractivity contribution in [3.05, 3.63) is 70.9 Å². The second-order valence-corrected chi connectivity index (χ2v) is 7.45. The zero-order valence-corrected chi connectivity index (χ0v) is 15.7. The van der Waals surface area contributed by atoms with Crippen LogP contribution in [0.5, 0.6) is 0 Å². The summed E-state index contributed by atoms with van der Waals surface area (Å²) in [5.41, 5.74) is 2.67. The van der Waals surface area contributed by atoms with E-state index in [-0.39, 0.29) is 5.91 Å². The fourth-order valence-electron chi connectivity index (χ4n) is 2.87. The van der Waals surface area contributed by atoms with Crippen molar-refractivity contribution >= 4 is 39.0 Å². The van der Waals surface area contributed by atoms with Crippen molar-refractivity contribution in [3.63, 3.8) is 0 Å². The molecule has 6 nitrogen and oxygen atoms in total. The number of anilines is 2. The average Bonchev–Trinajstić information content (AvgIpc) is 3.24. The molecule has 2 heterocycles. The first kappa shape index (κ1) is 17.2. The summed E-state index contributed by atoms with van der Waals surface area (Å²) in [6, 6.07) is 16.6. The SMILES string of the molecule is Cc1cc(NC(=O)[C@@H](Nc2ccc3nc(C)sc3c2)c2ccccc2)no1. The van der Waals surface area contributed by atoms with Gasteiger partial charge in [-0.05, 0) is 37.6 Å². The molecule has 1 atom stereocenters. The Labute approximate surface area is 160 Å². The minimum atomic E-state index is -0.574. The molecule has 2 aromatic carbocycles. The number of carbonyl (C=O) groups excluding carboxylic acids is 1. The monoisotopic (exact) mass is 378 g/mol. The maximum absolute atomic E-state index is 12.9. The van der Waals surface area contributed by atoms with Gasteiger partial charge >= 0.3 is 0 Å². The summed E-state index contributed by atoms with van der Waals surface area (Å²) in [6.45, 7) is 3.76. The third-order valence-corrected chi connectivity index (χ3v) is 5.01. The molecular formula is C20H18N4O2S. The van der Waals surface area contributed by atoms with Gasteiger partial charge in [0.05, 0.1) is 15.2 Å². The highest BCUT2D eigenvalue weighted by Gasteiger charge is 2.22. The van der Waals surface area contributed by atoms with Gasteiger partial charge in [-0.25, -0.2) is 4.98 Å². The highest BCUT2D eigenvalue weighted by Crippen LogP contribution is 2.28. The predicted octanol–water partition coefficient (Wildman–Crippen LogP) is 4.69. The number of fused-ring (bicyclic) bond motifs is 1. The smallest absolute Gasteiger partial charge is 0.252 e. The summed E-state index contributed by atoms with van der Waals surface area (Å²) in [5, 5.41) is 11.0. The molecule has 4 aromatic rings. The lowest BCUT2D eigenvalue weighted by atomic mass is 10.1. The fraction of sp³-hybridized carbons (Fsp3) is 0.150. The molecule has 7 heteroatoms. The summed E-state index contributed by atoms with van der Waals surface area (Å²) < 4.78 is 6.11. The van der Waals surface area contributed by atoms with Crippen LogP contribution in [0.3, 0.4) is 0 Å². The molecule has 2 N–H and O–H groups in total. The average molecular weight is 378 g/mol. The Kier molecular flexibility index (Phi) is 4.60. The largest absolute Gasteiger partial charge is 0.370 e. The number of thiazole rings is 1. The van der Waals surface area contributed by atoms with Gasteiger partial charge in [0.1, 0.15) is 11.8 Å². The maximum atomic E-state index is 12.9. The molecule has 0 aliphatic heterocycles. The van der Waals surface area contributed by atoms with E-state index in [9.17, 15) is 4.79 Å². The summed E-state index contributed by atoms with van der Waals surface area (Å²) in [4.78, 5) is 17.4. The lowest BCUT2D eigenvalue weighted by Gasteiger charge is -2.19. The Hall–Kier alpha value is -3.19. The third kappa shape index (κ3) is 3.83. The topological polar surface area (TPSA) is 80.0 Å². The number of aryl methyl sites for hydroxylation is 2. The van der Waals surface area contributed by atoms with E-state index in [1.54, 1.807) is 24.3 Å². The van der Waals surface area contributed by atoms with Gasteiger partial charge in [0.25, 0.3) is 5.91 Å². The fourth-order valence-corrected chi connectivity index (χ4v) is 3.73. The normalized spacial score (nSPS) is 12.1. The van der Waals surface area contributed by atoms with Crippen molar-refractivity contribution in [2.75, 3.05) is 10.6 Å². The number of benzene rings is 2. The summed E-state index contributed by atoms with van der Waals surface area (Å²) >= 11 is 1.63. The quantitative estimate of drug-likeness (QED) is 0.526. The molecule has 0 aliphatic rings. The van der Waals surface area contributed by atoms with Crippen molar-refractivity contribution in [1.29, 1.82) is 0 Å². The number of carbonyl (C=O) groups is 1. The summed E-state index contributed by atoms with van der Waals surface area (Å²) in [7, 11) is 0. The predicted molar refractivity (Wildman–Crippen MR) is 107 cm³/mol. The van der Waals surface area contributed by atoms with Crippen molar-refractivity contribution in [3.8, 4) is 0 Å². The van der Waals surface area contributed by atoms with E-state index in [2.05, 4.69) is 20.8 Å². The van der Waals surface area contributed by atoms with Crippen molar-refractivity contribution in [1.82, 2.24) is 10.1 Å². The van der Waals surface area contributed by atoms with Crippen LogP contribution < -0.4 is 10.6 Å². The Bertz CT molecular complexity index is 1090. The summed E-state index contributed by atoms with van der Waals surface area (Å²) in [5.74, 6) is 0.824. The molecule has 0 unspecified atom stereocenters. The molecule has 0 spiro atoms. The van der Waals surface area contributed by atoms with E-state index >= 15 is 0 Å². The van der Waals surface area contributed by atoms with Crippen molar-refractivity contribution in [2.24, 2.45) is 0 Å². The van der Waals surface area contributed by atoms with Gasteiger partial charge in [-0.3, -0.25) is 4.79 Å². The molecule has 136 valence electrons. The second kappa shape index (κ2) is 7.20. The number of aromatic nitrogens is 2. The zero-order chi connectivity index (χ0) is 18.8. The molecule has 0 saturated heterocycles. The highest BCUT2D eigenvalue weighted by atomic mass is 32.1. The minimum Gasteiger partial charge on any atom is -0.370 e. The number of hydrogen-bond acceptors (Lipinski definition) is 6. The number of amides is 1. The van der Waals surface area contributed by atoms with Crippen LogP contribution in [-0.4, -0.2) is 16.0 Å². The van der Waals surface area contributed by atoms with Gasteiger partial charge in [0.15, 0.2) is 5.82 Å². The van der Waals surface area contributed by atoms with Gasteiger partial charge in [-0.1, -0.05) is 35.5 Å². The lowest BCUT2D eigenvalue weighted by molar-refractivity contribution is -0.117. The third-order valence-electron chi connectivity index (χ3n) is 4.08. The molecule has 2 aromatic heterocycles. The highest BCUT2D eigenvalue weighted by molar-refractivity contribution is 7.18. The van der Waals surface area contributed by atoms with Crippen LogP contribution >= 0.6 is 11.3 Å². The first-order valence-electron chi connectivity index (χ1n) is 8.51. The van der Waals surface area contributed by atoms with Crippen LogP contribution in [0, 0.1) is 13.8 Å².